The summed E-state index contributed by atoms with van der Waals surface area (Å²) in [4.78, 5) is 2.19. The summed E-state index contributed by atoms with van der Waals surface area (Å²) in [5, 5.41) is 0. The molecule has 17 heavy (non-hydrogen) atoms. The SMILES string of the molecule is CC1CN2CC(=C(F)F)C[C@@]2(COC(C)C)C1. The first-order valence-corrected chi connectivity index (χ1v) is 6.32. The number of rotatable bonds is 3. The van der Waals surface area contributed by atoms with Crippen LogP contribution in [-0.2, 0) is 4.74 Å². The quantitative estimate of drug-likeness (QED) is 0.757. The zero-order valence-corrected chi connectivity index (χ0v) is 10.8. The van der Waals surface area contributed by atoms with E-state index in [1.807, 2.05) is 13.8 Å². The smallest absolute Gasteiger partial charge is 0.270 e. The van der Waals surface area contributed by atoms with Gasteiger partial charge in [-0.3, -0.25) is 4.90 Å². The Hall–Kier alpha value is -0.480. The summed E-state index contributed by atoms with van der Waals surface area (Å²) in [5.41, 5.74) is 0.145. The minimum Gasteiger partial charge on any atom is -0.377 e. The maximum absolute atomic E-state index is 12.7. The summed E-state index contributed by atoms with van der Waals surface area (Å²) in [6, 6.07) is 0. The minimum absolute atomic E-state index is 0.158. The molecule has 2 atom stereocenters. The van der Waals surface area contributed by atoms with Gasteiger partial charge in [0.1, 0.15) is 0 Å². The van der Waals surface area contributed by atoms with Crippen molar-refractivity contribution in [1.29, 1.82) is 0 Å². The lowest BCUT2D eigenvalue weighted by Crippen LogP contribution is -2.43. The lowest BCUT2D eigenvalue weighted by Gasteiger charge is -2.32. The summed E-state index contributed by atoms with van der Waals surface area (Å²) in [6.45, 7) is 8.07. The highest BCUT2D eigenvalue weighted by molar-refractivity contribution is 5.21. The van der Waals surface area contributed by atoms with Crippen LogP contribution >= 0.6 is 0 Å². The van der Waals surface area contributed by atoms with Crippen LogP contribution in [0.1, 0.15) is 33.6 Å². The van der Waals surface area contributed by atoms with Gasteiger partial charge in [0.05, 0.1) is 12.7 Å². The largest absolute Gasteiger partial charge is 0.377 e. The van der Waals surface area contributed by atoms with Gasteiger partial charge in [-0.1, -0.05) is 6.92 Å². The van der Waals surface area contributed by atoms with E-state index in [1.165, 1.54) is 0 Å². The third-order valence-corrected chi connectivity index (χ3v) is 3.81. The normalized spacial score (nSPS) is 33.5. The highest BCUT2D eigenvalue weighted by Crippen LogP contribution is 2.44. The van der Waals surface area contributed by atoms with Gasteiger partial charge < -0.3 is 4.74 Å². The van der Waals surface area contributed by atoms with Gasteiger partial charge in [0.2, 0.25) is 0 Å². The Labute approximate surface area is 102 Å². The molecular formula is C13H21F2NO. The molecule has 0 aromatic carbocycles. The number of nitrogens with zero attached hydrogens (tertiary/aromatic N) is 1. The van der Waals surface area contributed by atoms with E-state index in [0.29, 0.717) is 31.1 Å². The third-order valence-electron chi connectivity index (χ3n) is 3.81. The van der Waals surface area contributed by atoms with E-state index in [2.05, 4.69) is 11.8 Å². The van der Waals surface area contributed by atoms with Crippen LogP contribution in [0.2, 0.25) is 0 Å². The molecule has 2 aliphatic heterocycles. The van der Waals surface area contributed by atoms with Crippen molar-refractivity contribution >= 4 is 0 Å². The van der Waals surface area contributed by atoms with Crippen LogP contribution in [0.4, 0.5) is 8.78 Å². The molecule has 0 aromatic rings. The number of hydrogen-bond donors (Lipinski definition) is 0. The second-order valence-corrected chi connectivity index (χ2v) is 5.81. The van der Waals surface area contributed by atoms with Crippen molar-refractivity contribution < 1.29 is 13.5 Å². The fourth-order valence-electron chi connectivity index (χ4n) is 3.16. The molecule has 0 amide bonds. The predicted molar refractivity (Wildman–Crippen MR) is 63.0 cm³/mol. The fraction of sp³-hybridized carbons (Fsp3) is 0.846. The van der Waals surface area contributed by atoms with E-state index < -0.39 is 6.08 Å². The highest BCUT2D eigenvalue weighted by Gasteiger charge is 2.50. The number of hydrogen-bond acceptors (Lipinski definition) is 2. The molecule has 2 aliphatic rings. The Morgan fingerprint density at radius 1 is 1.53 bits per heavy atom. The fourth-order valence-corrected chi connectivity index (χ4v) is 3.16. The molecule has 0 aromatic heterocycles. The standard InChI is InChI=1S/C13H21F2NO/c1-9(2)17-8-13-4-10(3)6-16(13)7-11(5-13)12(14)15/h9-10H,4-8H2,1-3H3/t10?,13-/m1/s1. The van der Waals surface area contributed by atoms with Gasteiger partial charge in [-0.15, -0.1) is 0 Å². The Morgan fingerprint density at radius 3 is 2.82 bits per heavy atom. The van der Waals surface area contributed by atoms with Gasteiger partial charge in [-0.05, 0) is 32.6 Å². The van der Waals surface area contributed by atoms with E-state index >= 15 is 0 Å². The van der Waals surface area contributed by atoms with Crippen molar-refractivity contribution in [2.45, 2.75) is 45.3 Å². The monoisotopic (exact) mass is 245 g/mol. The van der Waals surface area contributed by atoms with Crippen LogP contribution in [0.15, 0.2) is 11.7 Å². The van der Waals surface area contributed by atoms with E-state index in [1.54, 1.807) is 0 Å². The van der Waals surface area contributed by atoms with Gasteiger partial charge in [0.15, 0.2) is 0 Å². The van der Waals surface area contributed by atoms with Crippen LogP contribution in [0.5, 0.6) is 0 Å². The van der Waals surface area contributed by atoms with Gasteiger partial charge in [0.25, 0.3) is 6.08 Å². The molecule has 2 heterocycles. The van der Waals surface area contributed by atoms with Gasteiger partial charge in [0, 0.05) is 24.2 Å². The van der Waals surface area contributed by atoms with Crippen molar-refractivity contribution in [2.75, 3.05) is 19.7 Å². The van der Waals surface area contributed by atoms with Crippen LogP contribution in [0.25, 0.3) is 0 Å². The second-order valence-electron chi connectivity index (χ2n) is 5.81. The molecule has 4 heteroatoms. The Bertz CT molecular complexity index is 325. The molecule has 0 N–H and O–H groups in total. The number of fused-ring (bicyclic) bond motifs is 1. The molecule has 1 unspecified atom stereocenters. The van der Waals surface area contributed by atoms with E-state index in [-0.39, 0.29) is 11.6 Å². The first-order valence-electron chi connectivity index (χ1n) is 6.32. The predicted octanol–water partition coefficient (Wildman–Crippen LogP) is 3.05. The van der Waals surface area contributed by atoms with Gasteiger partial charge in [-0.2, -0.15) is 8.78 Å². The third kappa shape index (κ3) is 2.52. The van der Waals surface area contributed by atoms with E-state index in [4.69, 9.17) is 4.74 Å². The van der Waals surface area contributed by atoms with Crippen LogP contribution in [0, 0.1) is 5.92 Å². The lowest BCUT2D eigenvalue weighted by molar-refractivity contribution is 0.00308. The van der Waals surface area contributed by atoms with Crippen LogP contribution in [-0.4, -0.2) is 36.2 Å². The molecule has 2 saturated heterocycles. The minimum atomic E-state index is -1.49. The van der Waals surface area contributed by atoms with Crippen molar-refractivity contribution in [2.24, 2.45) is 5.92 Å². The molecule has 0 radical (unpaired) electrons. The highest BCUT2D eigenvalue weighted by atomic mass is 19.3. The summed E-state index contributed by atoms with van der Waals surface area (Å²) < 4.78 is 31.1. The first-order chi connectivity index (χ1) is 7.93. The number of halogens is 2. The Kier molecular flexibility index (Phi) is 3.55. The van der Waals surface area contributed by atoms with E-state index in [9.17, 15) is 8.78 Å². The topological polar surface area (TPSA) is 12.5 Å². The van der Waals surface area contributed by atoms with Crippen LogP contribution in [0.3, 0.4) is 0 Å². The maximum Gasteiger partial charge on any atom is 0.270 e. The van der Waals surface area contributed by atoms with Gasteiger partial charge in [-0.25, -0.2) is 0 Å². The zero-order chi connectivity index (χ0) is 12.6. The molecule has 0 bridgehead atoms. The summed E-state index contributed by atoms with van der Waals surface area (Å²) in [5.74, 6) is 0.579. The first kappa shape index (κ1) is 13.0. The van der Waals surface area contributed by atoms with Gasteiger partial charge >= 0.3 is 0 Å². The van der Waals surface area contributed by atoms with E-state index in [0.717, 1.165) is 13.0 Å². The van der Waals surface area contributed by atoms with Crippen LogP contribution < -0.4 is 0 Å². The molecule has 0 spiro atoms. The second kappa shape index (κ2) is 4.65. The summed E-state index contributed by atoms with van der Waals surface area (Å²) in [6.07, 6.45) is 0.115. The Morgan fingerprint density at radius 2 is 2.24 bits per heavy atom. The average molecular weight is 245 g/mol. The van der Waals surface area contributed by atoms with Crippen molar-refractivity contribution in [3.8, 4) is 0 Å². The van der Waals surface area contributed by atoms with Crippen molar-refractivity contribution in [3.63, 3.8) is 0 Å². The molecule has 2 nitrogen and oxygen atoms in total. The number of ether oxygens (including phenoxy) is 1. The molecule has 0 aliphatic carbocycles. The summed E-state index contributed by atoms with van der Waals surface area (Å²) in [7, 11) is 0. The maximum atomic E-state index is 12.7. The molecule has 2 fully saturated rings. The summed E-state index contributed by atoms with van der Waals surface area (Å²) >= 11 is 0. The molecule has 0 saturated carbocycles. The Balaban J connectivity index is 2.13. The molecular weight excluding hydrogens is 224 g/mol. The lowest BCUT2D eigenvalue weighted by atomic mass is 9.90. The van der Waals surface area contributed by atoms with Crippen molar-refractivity contribution in [3.05, 3.63) is 11.7 Å². The van der Waals surface area contributed by atoms with Crippen molar-refractivity contribution in [1.82, 2.24) is 4.90 Å². The zero-order valence-electron chi connectivity index (χ0n) is 10.8. The molecule has 98 valence electrons. The molecule has 2 rings (SSSR count). The average Bonchev–Trinajstić information content (AvgIpc) is 2.67.